The summed E-state index contributed by atoms with van der Waals surface area (Å²) in [5.74, 6) is 0.0234. The van der Waals surface area contributed by atoms with E-state index in [2.05, 4.69) is 0 Å². The monoisotopic (exact) mass is 194 g/mol. The predicted octanol–water partition coefficient (Wildman–Crippen LogP) is 1.97. The average molecular weight is 194 g/mol. The second-order valence-electron chi connectivity index (χ2n) is 3.46. The van der Waals surface area contributed by atoms with Gasteiger partial charge in [-0.2, -0.15) is 0 Å². The van der Waals surface area contributed by atoms with Crippen molar-refractivity contribution in [1.82, 2.24) is 0 Å². The molecule has 1 aromatic carbocycles. The lowest BCUT2D eigenvalue weighted by Crippen LogP contribution is -2.11. The van der Waals surface area contributed by atoms with Crippen molar-refractivity contribution in [3.8, 4) is 0 Å². The molecule has 1 aromatic rings. The quantitative estimate of drug-likeness (QED) is 0.590. The average Bonchev–Trinajstić information content (AvgIpc) is 2.16. The lowest BCUT2D eigenvalue weighted by atomic mass is 9.97. The van der Waals surface area contributed by atoms with Gasteiger partial charge in [0.05, 0.1) is 4.92 Å². The highest BCUT2D eigenvalue weighted by atomic mass is 16.6. The maximum Gasteiger partial charge on any atom is 0.272 e. The van der Waals surface area contributed by atoms with Crippen LogP contribution < -0.4 is 5.73 Å². The Morgan fingerprint density at radius 2 is 2.21 bits per heavy atom. The molecular weight excluding hydrogens is 180 g/mol. The summed E-state index contributed by atoms with van der Waals surface area (Å²) >= 11 is 0. The molecule has 0 aromatic heterocycles. The van der Waals surface area contributed by atoms with Crippen LogP contribution in [0.25, 0.3) is 0 Å². The van der Waals surface area contributed by atoms with E-state index in [1.54, 1.807) is 6.07 Å². The molecule has 14 heavy (non-hydrogen) atoms. The van der Waals surface area contributed by atoms with Crippen LogP contribution in [0.1, 0.15) is 24.0 Å². The van der Waals surface area contributed by atoms with Gasteiger partial charge < -0.3 is 5.73 Å². The number of hydrogen-bond donors (Lipinski definition) is 1. The van der Waals surface area contributed by atoms with Crippen LogP contribution in [0.5, 0.6) is 0 Å². The Labute approximate surface area is 82.9 Å². The fourth-order valence-electron chi connectivity index (χ4n) is 1.36. The first-order valence-electron chi connectivity index (χ1n) is 4.51. The van der Waals surface area contributed by atoms with Gasteiger partial charge in [0.15, 0.2) is 0 Å². The lowest BCUT2D eigenvalue weighted by Gasteiger charge is -2.09. The van der Waals surface area contributed by atoms with Crippen molar-refractivity contribution >= 4 is 5.69 Å². The Morgan fingerprint density at radius 1 is 1.57 bits per heavy atom. The maximum atomic E-state index is 10.7. The Bertz CT molecular complexity index is 350. The van der Waals surface area contributed by atoms with E-state index < -0.39 is 0 Å². The fraction of sp³-hybridized carbons (Fsp3) is 0.400. The maximum absolute atomic E-state index is 10.7. The molecular formula is C10H14N2O2. The van der Waals surface area contributed by atoms with Gasteiger partial charge in [-0.25, -0.2) is 0 Å². The zero-order valence-electron chi connectivity index (χ0n) is 8.36. The van der Waals surface area contributed by atoms with E-state index in [1.807, 2.05) is 19.9 Å². The van der Waals surface area contributed by atoms with E-state index in [9.17, 15) is 10.1 Å². The van der Waals surface area contributed by atoms with E-state index in [1.165, 1.54) is 6.07 Å². The lowest BCUT2D eigenvalue weighted by molar-refractivity contribution is -0.385. The largest absolute Gasteiger partial charge is 0.330 e. The molecule has 4 heteroatoms. The number of nitro groups is 1. The summed E-state index contributed by atoms with van der Waals surface area (Å²) in [4.78, 5) is 10.4. The van der Waals surface area contributed by atoms with Gasteiger partial charge in [0.2, 0.25) is 0 Å². The molecule has 0 radical (unpaired) electrons. The molecule has 0 aliphatic rings. The van der Waals surface area contributed by atoms with Gasteiger partial charge in [-0.15, -0.1) is 0 Å². The Balaban J connectivity index is 3.22. The minimum Gasteiger partial charge on any atom is -0.330 e. The predicted molar refractivity (Wildman–Crippen MR) is 55.3 cm³/mol. The molecule has 0 bridgehead atoms. The van der Waals surface area contributed by atoms with Gasteiger partial charge in [-0.1, -0.05) is 18.6 Å². The Kier molecular flexibility index (Phi) is 3.19. The summed E-state index contributed by atoms with van der Waals surface area (Å²) in [6.07, 6.45) is 0. The highest BCUT2D eigenvalue weighted by molar-refractivity contribution is 5.44. The zero-order valence-corrected chi connectivity index (χ0v) is 8.36. The van der Waals surface area contributed by atoms with Crippen LogP contribution in [0.3, 0.4) is 0 Å². The van der Waals surface area contributed by atoms with Gasteiger partial charge in [0, 0.05) is 17.5 Å². The van der Waals surface area contributed by atoms with Crippen LogP contribution in [0.2, 0.25) is 0 Å². The number of nitrogens with zero attached hydrogens (tertiary/aromatic N) is 1. The molecule has 1 unspecified atom stereocenters. The number of benzene rings is 1. The summed E-state index contributed by atoms with van der Waals surface area (Å²) in [5.41, 5.74) is 7.40. The van der Waals surface area contributed by atoms with E-state index in [4.69, 9.17) is 5.73 Å². The van der Waals surface area contributed by atoms with Gasteiger partial charge in [-0.05, 0) is 19.5 Å². The van der Waals surface area contributed by atoms with Crippen molar-refractivity contribution in [3.63, 3.8) is 0 Å². The van der Waals surface area contributed by atoms with Crippen molar-refractivity contribution in [2.75, 3.05) is 6.54 Å². The van der Waals surface area contributed by atoms with Crippen molar-refractivity contribution in [2.24, 2.45) is 5.73 Å². The molecule has 2 N–H and O–H groups in total. The SMILES string of the molecule is Cc1ccc([N+](=O)[O-])c(C(C)CN)c1. The molecule has 0 saturated carbocycles. The highest BCUT2D eigenvalue weighted by Gasteiger charge is 2.17. The molecule has 0 fully saturated rings. The topological polar surface area (TPSA) is 69.2 Å². The summed E-state index contributed by atoms with van der Waals surface area (Å²) in [7, 11) is 0. The molecule has 0 aliphatic heterocycles. The first-order chi connectivity index (χ1) is 6.56. The summed E-state index contributed by atoms with van der Waals surface area (Å²) in [6, 6.07) is 5.11. The van der Waals surface area contributed by atoms with Crippen LogP contribution in [-0.4, -0.2) is 11.5 Å². The van der Waals surface area contributed by atoms with E-state index in [0.29, 0.717) is 6.54 Å². The fourth-order valence-corrected chi connectivity index (χ4v) is 1.36. The molecule has 1 atom stereocenters. The first-order valence-corrected chi connectivity index (χ1v) is 4.51. The van der Waals surface area contributed by atoms with Gasteiger partial charge >= 0.3 is 0 Å². The van der Waals surface area contributed by atoms with Crippen LogP contribution in [0.4, 0.5) is 5.69 Å². The Morgan fingerprint density at radius 3 is 2.71 bits per heavy atom. The summed E-state index contributed by atoms with van der Waals surface area (Å²) in [5, 5.41) is 10.7. The van der Waals surface area contributed by atoms with E-state index >= 15 is 0 Å². The molecule has 76 valence electrons. The van der Waals surface area contributed by atoms with Crippen LogP contribution in [0.15, 0.2) is 18.2 Å². The van der Waals surface area contributed by atoms with Crippen molar-refractivity contribution in [1.29, 1.82) is 0 Å². The molecule has 0 aliphatic carbocycles. The van der Waals surface area contributed by atoms with Crippen LogP contribution in [0, 0.1) is 17.0 Å². The molecule has 0 spiro atoms. The third-order valence-corrected chi connectivity index (χ3v) is 2.26. The minimum atomic E-state index is -0.360. The number of nitro benzene ring substituents is 1. The number of rotatable bonds is 3. The van der Waals surface area contributed by atoms with Gasteiger partial charge in [0.1, 0.15) is 0 Å². The third kappa shape index (κ3) is 2.09. The molecule has 1 rings (SSSR count). The smallest absolute Gasteiger partial charge is 0.272 e. The molecule has 0 amide bonds. The van der Waals surface area contributed by atoms with Gasteiger partial charge in [-0.3, -0.25) is 10.1 Å². The Hall–Kier alpha value is -1.42. The minimum absolute atomic E-state index is 0.0234. The van der Waals surface area contributed by atoms with Crippen LogP contribution in [-0.2, 0) is 0 Å². The van der Waals surface area contributed by atoms with Crippen molar-refractivity contribution in [2.45, 2.75) is 19.8 Å². The van der Waals surface area contributed by atoms with Crippen molar-refractivity contribution in [3.05, 3.63) is 39.4 Å². The standard InChI is InChI=1S/C10H14N2O2/c1-7-3-4-10(12(13)14)9(5-7)8(2)6-11/h3-5,8H,6,11H2,1-2H3. The molecule has 0 saturated heterocycles. The normalized spacial score (nSPS) is 12.5. The second-order valence-corrected chi connectivity index (χ2v) is 3.46. The molecule has 0 heterocycles. The van der Waals surface area contributed by atoms with Crippen molar-refractivity contribution < 1.29 is 4.92 Å². The van der Waals surface area contributed by atoms with Gasteiger partial charge in [0.25, 0.3) is 5.69 Å². The summed E-state index contributed by atoms with van der Waals surface area (Å²) in [6.45, 7) is 4.22. The number of hydrogen-bond acceptors (Lipinski definition) is 3. The molecule has 4 nitrogen and oxygen atoms in total. The second kappa shape index (κ2) is 4.19. The van der Waals surface area contributed by atoms with Crippen LogP contribution >= 0.6 is 0 Å². The van der Waals surface area contributed by atoms with E-state index in [0.717, 1.165) is 11.1 Å². The summed E-state index contributed by atoms with van der Waals surface area (Å²) < 4.78 is 0. The number of aryl methyl sites for hydroxylation is 1. The first kappa shape index (κ1) is 10.7. The zero-order chi connectivity index (χ0) is 10.7. The number of nitrogens with two attached hydrogens (primary N) is 1. The highest BCUT2D eigenvalue weighted by Crippen LogP contribution is 2.26. The van der Waals surface area contributed by atoms with E-state index in [-0.39, 0.29) is 16.5 Å². The third-order valence-electron chi connectivity index (χ3n) is 2.26.